The van der Waals surface area contributed by atoms with E-state index in [0.717, 1.165) is 26.2 Å². The minimum absolute atomic E-state index is 0.00496. The van der Waals surface area contributed by atoms with Gasteiger partial charge in [0.05, 0.1) is 12.1 Å². The van der Waals surface area contributed by atoms with Gasteiger partial charge in [0.25, 0.3) is 0 Å². The number of rotatable bonds is 4. The molecule has 0 aromatic rings. The van der Waals surface area contributed by atoms with Crippen molar-refractivity contribution in [3.63, 3.8) is 0 Å². The van der Waals surface area contributed by atoms with E-state index >= 15 is 0 Å². The number of hydrogen-bond donors (Lipinski definition) is 2. The van der Waals surface area contributed by atoms with Crippen molar-refractivity contribution in [2.45, 2.75) is 19.4 Å². The largest absolute Gasteiger partial charge is 0.368 e. The molecule has 0 aromatic heterocycles. The molecule has 1 aliphatic heterocycles. The number of nitrogens with one attached hydrogen (secondary N) is 1. The second-order valence-corrected chi connectivity index (χ2v) is 6.09. The Hall–Kier alpha value is -1.83. The third-order valence-corrected chi connectivity index (χ3v) is 4.08. The number of hydrogen-bond acceptors (Lipinski definition) is 4. The molecule has 0 aromatic carbocycles. The van der Waals surface area contributed by atoms with Crippen molar-refractivity contribution in [1.82, 2.24) is 20.0 Å². The lowest BCUT2D eigenvalue weighted by Crippen LogP contribution is -2.61. The summed E-state index contributed by atoms with van der Waals surface area (Å²) >= 11 is 0. The highest BCUT2D eigenvalue weighted by molar-refractivity contribution is 5.86. The lowest BCUT2D eigenvalue weighted by molar-refractivity contribution is -0.129. The SMILES string of the molecule is CN=C(NCC(=O)N(C)C)N1CCN(C(C)(C)C(N)=O)CC1. The van der Waals surface area contributed by atoms with E-state index in [1.54, 1.807) is 21.1 Å². The fourth-order valence-electron chi connectivity index (χ4n) is 2.28. The summed E-state index contributed by atoms with van der Waals surface area (Å²) in [7, 11) is 5.14. The summed E-state index contributed by atoms with van der Waals surface area (Å²) in [6.07, 6.45) is 0. The molecule has 0 saturated carbocycles. The van der Waals surface area contributed by atoms with E-state index in [9.17, 15) is 9.59 Å². The van der Waals surface area contributed by atoms with Gasteiger partial charge in [0.15, 0.2) is 5.96 Å². The maximum absolute atomic E-state index is 11.6. The van der Waals surface area contributed by atoms with Gasteiger partial charge < -0.3 is 20.9 Å². The molecule has 22 heavy (non-hydrogen) atoms. The lowest BCUT2D eigenvalue weighted by Gasteiger charge is -2.43. The molecule has 1 saturated heterocycles. The molecule has 0 radical (unpaired) electrons. The summed E-state index contributed by atoms with van der Waals surface area (Å²) in [5, 5.41) is 3.07. The topological polar surface area (TPSA) is 94.3 Å². The van der Waals surface area contributed by atoms with Crippen LogP contribution >= 0.6 is 0 Å². The van der Waals surface area contributed by atoms with Gasteiger partial charge in [0, 0.05) is 47.3 Å². The molecule has 1 rings (SSSR count). The van der Waals surface area contributed by atoms with E-state index in [4.69, 9.17) is 5.73 Å². The fraction of sp³-hybridized carbons (Fsp3) is 0.786. The Bertz CT molecular complexity index is 439. The van der Waals surface area contributed by atoms with Crippen LogP contribution in [0, 0.1) is 0 Å². The Kier molecular flexibility index (Phi) is 6.16. The van der Waals surface area contributed by atoms with Crippen LogP contribution in [0.15, 0.2) is 4.99 Å². The molecule has 1 fully saturated rings. The Morgan fingerprint density at radius 2 is 1.77 bits per heavy atom. The Morgan fingerprint density at radius 1 is 1.23 bits per heavy atom. The molecular weight excluding hydrogens is 284 g/mol. The summed E-state index contributed by atoms with van der Waals surface area (Å²) in [5.41, 5.74) is 4.81. The van der Waals surface area contributed by atoms with Crippen molar-refractivity contribution in [3.05, 3.63) is 0 Å². The normalized spacial score (nSPS) is 17.3. The van der Waals surface area contributed by atoms with Gasteiger partial charge in [0.2, 0.25) is 11.8 Å². The minimum atomic E-state index is -0.649. The average molecular weight is 312 g/mol. The molecule has 2 amide bonds. The van der Waals surface area contributed by atoms with Crippen LogP contribution in [-0.4, -0.2) is 91.9 Å². The van der Waals surface area contributed by atoms with Gasteiger partial charge in [0.1, 0.15) is 0 Å². The quantitative estimate of drug-likeness (QED) is 0.488. The highest BCUT2D eigenvalue weighted by atomic mass is 16.2. The van der Waals surface area contributed by atoms with Gasteiger partial charge in [-0.3, -0.25) is 19.5 Å². The number of guanidine groups is 1. The molecule has 0 aliphatic carbocycles. The summed E-state index contributed by atoms with van der Waals surface area (Å²) in [6, 6.07) is 0. The number of amides is 2. The maximum atomic E-state index is 11.6. The zero-order chi connectivity index (χ0) is 16.9. The number of carbonyl (C=O) groups is 2. The Labute approximate surface area is 132 Å². The second-order valence-electron chi connectivity index (χ2n) is 6.09. The van der Waals surface area contributed by atoms with Crippen LogP contribution < -0.4 is 11.1 Å². The van der Waals surface area contributed by atoms with Gasteiger partial charge in [-0.15, -0.1) is 0 Å². The predicted molar refractivity (Wildman–Crippen MR) is 86.5 cm³/mol. The number of aliphatic imine (C=N–C) groups is 1. The van der Waals surface area contributed by atoms with E-state index in [2.05, 4.69) is 20.1 Å². The average Bonchev–Trinajstić information content (AvgIpc) is 2.47. The lowest BCUT2D eigenvalue weighted by atomic mass is 10.0. The smallest absolute Gasteiger partial charge is 0.241 e. The molecular formula is C14H28N6O2. The molecule has 8 nitrogen and oxygen atoms in total. The van der Waals surface area contributed by atoms with Crippen LogP contribution in [0.1, 0.15) is 13.8 Å². The first-order chi connectivity index (χ1) is 10.2. The summed E-state index contributed by atoms with van der Waals surface area (Å²) in [6.45, 7) is 6.80. The van der Waals surface area contributed by atoms with Crippen molar-refractivity contribution in [2.24, 2.45) is 10.7 Å². The highest BCUT2D eigenvalue weighted by Crippen LogP contribution is 2.16. The molecule has 0 bridgehead atoms. The van der Waals surface area contributed by atoms with Gasteiger partial charge >= 0.3 is 0 Å². The van der Waals surface area contributed by atoms with Crippen molar-refractivity contribution in [1.29, 1.82) is 0 Å². The van der Waals surface area contributed by atoms with Crippen LogP contribution in [0.4, 0.5) is 0 Å². The third-order valence-electron chi connectivity index (χ3n) is 4.08. The van der Waals surface area contributed by atoms with E-state index in [0.29, 0.717) is 5.96 Å². The molecule has 3 N–H and O–H groups in total. The van der Waals surface area contributed by atoms with Gasteiger partial charge in [-0.25, -0.2) is 0 Å². The van der Waals surface area contributed by atoms with Crippen LogP contribution in [0.2, 0.25) is 0 Å². The standard InChI is InChI=1S/C14H28N6O2/c1-14(2,12(15)22)20-8-6-19(7-9-20)13(16-3)17-10-11(21)18(4)5/h6-10H2,1-5H3,(H2,15,22)(H,16,17). The van der Waals surface area contributed by atoms with Crippen LogP contribution in [0.25, 0.3) is 0 Å². The zero-order valence-corrected chi connectivity index (χ0v) is 14.2. The van der Waals surface area contributed by atoms with Crippen molar-refractivity contribution in [3.8, 4) is 0 Å². The second kappa shape index (κ2) is 7.44. The number of nitrogens with two attached hydrogens (primary N) is 1. The minimum Gasteiger partial charge on any atom is -0.368 e. The first kappa shape index (κ1) is 18.2. The monoisotopic (exact) mass is 312 g/mol. The Morgan fingerprint density at radius 3 is 2.18 bits per heavy atom. The molecule has 0 spiro atoms. The molecule has 1 heterocycles. The molecule has 0 unspecified atom stereocenters. The summed E-state index contributed by atoms with van der Waals surface area (Å²) < 4.78 is 0. The number of primary amides is 1. The van der Waals surface area contributed by atoms with Crippen molar-refractivity contribution >= 4 is 17.8 Å². The van der Waals surface area contributed by atoms with Crippen LogP contribution in [-0.2, 0) is 9.59 Å². The number of carbonyl (C=O) groups excluding carboxylic acids is 2. The zero-order valence-electron chi connectivity index (χ0n) is 14.2. The number of piperazine rings is 1. The summed E-state index contributed by atoms with van der Waals surface area (Å²) in [5.74, 6) is 0.376. The molecule has 1 aliphatic rings. The molecule has 0 atom stereocenters. The maximum Gasteiger partial charge on any atom is 0.241 e. The third kappa shape index (κ3) is 4.33. The highest BCUT2D eigenvalue weighted by Gasteiger charge is 2.35. The van der Waals surface area contributed by atoms with Crippen molar-refractivity contribution in [2.75, 3.05) is 53.9 Å². The van der Waals surface area contributed by atoms with Crippen LogP contribution in [0.5, 0.6) is 0 Å². The summed E-state index contributed by atoms with van der Waals surface area (Å²) in [4.78, 5) is 33.1. The van der Waals surface area contributed by atoms with Gasteiger partial charge in [-0.05, 0) is 13.8 Å². The number of likely N-dealkylation sites (N-methyl/N-ethyl adjacent to an activating group) is 1. The van der Waals surface area contributed by atoms with E-state index in [-0.39, 0.29) is 18.4 Å². The van der Waals surface area contributed by atoms with Gasteiger partial charge in [-0.2, -0.15) is 0 Å². The molecule has 8 heteroatoms. The molecule has 126 valence electrons. The van der Waals surface area contributed by atoms with E-state index in [1.165, 1.54) is 4.90 Å². The van der Waals surface area contributed by atoms with Crippen molar-refractivity contribution < 1.29 is 9.59 Å². The number of nitrogens with zero attached hydrogens (tertiary/aromatic N) is 4. The fourth-order valence-corrected chi connectivity index (χ4v) is 2.28. The van der Waals surface area contributed by atoms with Gasteiger partial charge in [-0.1, -0.05) is 0 Å². The first-order valence-corrected chi connectivity index (χ1v) is 7.41. The first-order valence-electron chi connectivity index (χ1n) is 7.41. The van der Waals surface area contributed by atoms with Crippen LogP contribution in [0.3, 0.4) is 0 Å². The van der Waals surface area contributed by atoms with E-state index in [1.807, 2.05) is 13.8 Å². The van der Waals surface area contributed by atoms with E-state index < -0.39 is 5.54 Å². The predicted octanol–water partition coefficient (Wildman–Crippen LogP) is -1.47. The Balaban J connectivity index is 2.55.